The van der Waals surface area contributed by atoms with E-state index in [1.54, 1.807) is 18.3 Å². The second-order valence-corrected chi connectivity index (χ2v) is 2.54. The zero-order valence-electron chi connectivity index (χ0n) is 6.78. The standard InChI is InChI=1S/C8H10N2O2/c1-6(11)7-3-2-4-10(7)5-8(9)12/h2-4H,5H2,1H3,(H2,9,12). The Balaban J connectivity index is 2.91. The van der Waals surface area contributed by atoms with Crippen molar-refractivity contribution in [3.05, 3.63) is 24.0 Å². The molecule has 0 atom stereocenters. The van der Waals surface area contributed by atoms with E-state index in [1.165, 1.54) is 11.5 Å². The first-order chi connectivity index (χ1) is 5.61. The van der Waals surface area contributed by atoms with Crippen molar-refractivity contribution in [1.29, 1.82) is 0 Å². The second kappa shape index (κ2) is 3.21. The highest BCUT2D eigenvalue weighted by Gasteiger charge is 2.06. The maximum Gasteiger partial charge on any atom is 0.237 e. The number of ketones is 1. The molecule has 0 aliphatic heterocycles. The molecular formula is C8H10N2O2. The molecule has 0 aliphatic rings. The number of aromatic nitrogens is 1. The fourth-order valence-electron chi connectivity index (χ4n) is 1.04. The van der Waals surface area contributed by atoms with Gasteiger partial charge in [-0.3, -0.25) is 9.59 Å². The quantitative estimate of drug-likeness (QED) is 0.651. The molecule has 1 rings (SSSR count). The number of rotatable bonds is 3. The summed E-state index contributed by atoms with van der Waals surface area (Å²) < 4.78 is 1.53. The highest BCUT2D eigenvalue weighted by molar-refractivity contribution is 5.93. The van der Waals surface area contributed by atoms with Crippen LogP contribution >= 0.6 is 0 Å². The molecule has 0 spiro atoms. The minimum Gasteiger partial charge on any atom is -0.368 e. The largest absolute Gasteiger partial charge is 0.368 e. The fraction of sp³-hybridized carbons (Fsp3) is 0.250. The Morgan fingerprint density at radius 1 is 1.58 bits per heavy atom. The number of carbonyl (C=O) groups is 2. The van der Waals surface area contributed by atoms with Gasteiger partial charge < -0.3 is 10.3 Å². The van der Waals surface area contributed by atoms with Crippen LogP contribution < -0.4 is 5.73 Å². The number of primary amides is 1. The van der Waals surface area contributed by atoms with Gasteiger partial charge in [-0.1, -0.05) is 0 Å². The van der Waals surface area contributed by atoms with Gasteiger partial charge in [0.05, 0.1) is 5.69 Å². The fourth-order valence-corrected chi connectivity index (χ4v) is 1.04. The minimum atomic E-state index is -0.450. The zero-order chi connectivity index (χ0) is 9.14. The molecule has 0 saturated heterocycles. The Labute approximate surface area is 70.0 Å². The molecule has 4 heteroatoms. The van der Waals surface area contributed by atoms with Crippen LogP contribution in [0.25, 0.3) is 0 Å². The molecule has 2 N–H and O–H groups in total. The number of carbonyl (C=O) groups excluding carboxylic acids is 2. The number of nitrogens with zero attached hydrogens (tertiary/aromatic N) is 1. The van der Waals surface area contributed by atoms with Crippen molar-refractivity contribution >= 4 is 11.7 Å². The van der Waals surface area contributed by atoms with Gasteiger partial charge in [0.2, 0.25) is 5.91 Å². The van der Waals surface area contributed by atoms with E-state index in [1.807, 2.05) is 0 Å². The van der Waals surface area contributed by atoms with Crippen molar-refractivity contribution in [3.63, 3.8) is 0 Å². The number of nitrogens with two attached hydrogens (primary N) is 1. The molecule has 64 valence electrons. The zero-order valence-corrected chi connectivity index (χ0v) is 6.78. The first-order valence-corrected chi connectivity index (χ1v) is 3.55. The van der Waals surface area contributed by atoms with Crippen molar-refractivity contribution in [3.8, 4) is 0 Å². The summed E-state index contributed by atoms with van der Waals surface area (Å²) in [5.41, 5.74) is 5.49. The van der Waals surface area contributed by atoms with Gasteiger partial charge in [0, 0.05) is 13.1 Å². The second-order valence-electron chi connectivity index (χ2n) is 2.54. The lowest BCUT2D eigenvalue weighted by Crippen LogP contribution is -2.20. The third-order valence-electron chi connectivity index (χ3n) is 1.52. The Morgan fingerprint density at radius 3 is 2.75 bits per heavy atom. The van der Waals surface area contributed by atoms with Crippen LogP contribution in [0.4, 0.5) is 0 Å². The smallest absolute Gasteiger partial charge is 0.237 e. The predicted octanol–water partition coefficient (Wildman–Crippen LogP) is 0.176. The Bertz CT molecular complexity index is 315. The van der Waals surface area contributed by atoms with Crippen molar-refractivity contribution < 1.29 is 9.59 Å². The van der Waals surface area contributed by atoms with Gasteiger partial charge in [-0.15, -0.1) is 0 Å². The molecule has 0 bridgehead atoms. The maximum absolute atomic E-state index is 10.9. The van der Waals surface area contributed by atoms with Crippen LogP contribution in [0.2, 0.25) is 0 Å². The number of hydrogen-bond acceptors (Lipinski definition) is 2. The van der Waals surface area contributed by atoms with Gasteiger partial charge in [-0.05, 0) is 12.1 Å². The molecule has 4 nitrogen and oxygen atoms in total. The van der Waals surface area contributed by atoms with Crippen LogP contribution in [-0.4, -0.2) is 16.3 Å². The van der Waals surface area contributed by atoms with E-state index in [0.29, 0.717) is 5.69 Å². The molecule has 0 radical (unpaired) electrons. The topological polar surface area (TPSA) is 65.1 Å². The SMILES string of the molecule is CC(=O)c1cccn1CC(N)=O. The Morgan fingerprint density at radius 2 is 2.25 bits per heavy atom. The van der Waals surface area contributed by atoms with Crippen molar-refractivity contribution in [2.24, 2.45) is 5.73 Å². The van der Waals surface area contributed by atoms with Gasteiger partial charge in [0.15, 0.2) is 5.78 Å². The van der Waals surface area contributed by atoms with Gasteiger partial charge >= 0.3 is 0 Å². The lowest BCUT2D eigenvalue weighted by Gasteiger charge is -2.02. The van der Waals surface area contributed by atoms with Crippen molar-refractivity contribution in [2.75, 3.05) is 0 Å². The van der Waals surface area contributed by atoms with Gasteiger partial charge in [0.25, 0.3) is 0 Å². The van der Waals surface area contributed by atoms with Crippen LogP contribution in [0.15, 0.2) is 18.3 Å². The first kappa shape index (κ1) is 8.52. The van der Waals surface area contributed by atoms with Gasteiger partial charge in [0.1, 0.15) is 6.54 Å². The third-order valence-corrected chi connectivity index (χ3v) is 1.52. The normalized spacial score (nSPS) is 9.75. The van der Waals surface area contributed by atoms with Gasteiger partial charge in [-0.25, -0.2) is 0 Å². The molecule has 12 heavy (non-hydrogen) atoms. The van der Waals surface area contributed by atoms with Crippen molar-refractivity contribution in [1.82, 2.24) is 4.57 Å². The van der Waals surface area contributed by atoms with Crippen LogP contribution in [0, 0.1) is 0 Å². The average molecular weight is 166 g/mol. The number of hydrogen-bond donors (Lipinski definition) is 1. The summed E-state index contributed by atoms with van der Waals surface area (Å²) in [4.78, 5) is 21.5. The molecule has 0 fully saturated rings. The molecular weight excluding hydrogens is 156 g/mol. The van der Waals surface area contributed by atoms with E-state index < -0.39 is 5.91 Å². The summed E-state index contributed by atoms with van der Waals surface area (Å²) in [5, 5.41) is 0. The molecule has 1 heterocycles. The Hall–Kier alpha value is -1.58. The molecule has 0 unspecified atom stereocenters. The summed E-state index contributed by atoms with van der Waals surface area (Å²) in [6, 6.07) is 3.37. The van der Waals surface area contributed by atoms with E-state index in [9.17, 15) is 9.59 Å². The van der Waals surface area contributed by atoms with E-state index in [2.05, 4.69) is 0 Å². The predicted molar refractivity (Wildman–Crippen MR) is 43.6 cm³/mol. The molecule has 1 aromatic heterocycles. The lowest BCUT2D eigenvalue weighted by atomic mass is 10.3. The lowest BCUT2D eigenvalue weighted by molar-refractivity contribution is -0.118. The number of amides is 1. The Kier molecular flexibility index (Phi) is 2.28. The average Bonchev–Trinajstić information content (AvgIpc) is 2.33. The third kappa shape index (κ3) is 1.72. The monoisotopic (exact) mass is 166 g/mol. The van der Waals surface area contributed by atoms with Gasteiger partial charge in [-0.2, -0.15) is 0 Å². The summed E-state index contributed by atoms with van der Waals surface area (Å²) >= 11 is 0. The van der Waals surface area contributed by atoms with E-state index in [0.717, 1.165) is 0 Å². The minimum absolute atomic E-state index is 0.0575. The van der Waals surface area contributed by atoms with E-state index >= 15 is 0 Å². The van der Waals surface area contributed by atoms with Crippen LogP contribution in [0.5, 0.6) is 0 Å². The first-order valence-electron chi connectivity index (χ1n) is 3.55. The summed E-state index contributed by atoms with van der Waals surface area (Å²) in [5.74, 6) is -0.519. The molecule has 0 saturated carbocycles. The molecule has 0 aliphatic carbocycles. The highest BCUT2D eigenvalue weighted by Crippen LogP contribution is 2.02. The van der Waals surface area contributed by atoms with E-state index in [-0.39, 0.29) is 12.3 Å². The molecule has 1 amide bonds. The summed E-state index contributed by atoms with van der Waals surface area (Å²) in [7, 11) is 0. The molecule has 0 aromatic carbocycles. The van der Waals surface area contributed by atoms with Crippen molar-refractivity contribution in [2.45, 2.75) is 13.5 Å². The highest BCUT2D eigenvalue weighted by atomic mass is 16.1. The number of Topliss-reactive ketones (excluding diaryl/α,β-unsaturated/α-hetero) is 1. The summed E-state index contributed by atoms with van der Waals surface area (Å²) in [6.07, 6.45) is 1.65. The maximum atomic E-state index is 10.9. The molecule has 1 aromatic rings. The van der Waals surface area contributed by atoms with Crippen LogP contribution in [0.1, 0.15) is 17.4 Å². The van der Waals surface area contributed by atoms with Crippen LogP contribution in [-0.2, 0) is 11.3 Å². The summed E-state index contributed by atoms with van der Waals surface area (Å²) in [6.45, 7) is 1.51. The van der Waals surface area contributed by atoms with E-state index in [4.69, 9.17) is 5.73 Å². The van der Waals surface area contributed by atoms with Crippen LogP contribution in [0.3, 0.4) is 0 Å².